The SMILES string of the molecule is C=CCN(CC)CCc1ccc(N)cc1. The molecule has 0 aliphatic carbocycles. The number of nitrogen functional groups attached to an aromatic ring is 1. The molecule has 0 aliphatic heterocycles. The minimum Gasteiger partial charge on any atom is -0.399 e. The average molecular weight is 204 g/mol. The van der Waals surface area contributed by atoms with E-state index in [1.165, 1.54) is 5.56 Å². The van der Waals surface area contributed by atoms with Crippen LogP contribution in [0.25, 0.3) is 0 Å². The van der Waals surface area contributed by atoms with E-state index >= 15 is 0 Å². The third kappa shape index (κ3) is 4.17. The van der Waals surface area contributed by atoms with Gasteiger partial charge in [-0.15, -0.1) is 6.58 Å². The largest absolute Gasteiger partial charge is 0.399 e. The van der Waals surface area contributed by atoms with E-state index in [9.17, 15) is 0 Å². The van der Waals surface area contributed by atoms with Crippen molar-refractivity contribution >= 4 is 5.69 Å². The van der Waals surface area contributed by atoms with Crippen molar-refractivity contribution in [2.24, 2.45) is 0 Å². The number of hydrogen-bond acceptors (Lipinski definition) is 2. The van der Waals surface area contributed by atoms with Gasteiger partial charge >= 0.3 is 0 Å². The molecule has 0 unspecified atom stereocenters. The van der Waals surface area contributed by atoms with E-state index in [4.69, 9.17) is 5.73 Å². The van der Waals surface area contributed by atoms with Crippen LogP contribution in [-0.4, -0.2) is 24.5 Å². The summed E-state index contributed by atoms with van der Waals surface area (Å²) in [6, 6.07) is 8.10. The zero-order valence-electron chi connectivity index (χ0n) is 9.45. The maximum Gasteiger partial charge on any atom is 0.0314 e. The standard InChI is InChI=1S/C13H20N2/c1-3-10-15(4-2)11-9-12-5-7-13(14)8-6-12/h3,5-8H,1,4,9-11,14H2,2H3. The van der Waals surface area contributed by atoms with Crippen LogP contribution in [0.1, 0.15) is 12.5 Å². The molecule has 2 N–H and O–H groups in total. The number of likely N-dealkylation sites (N-methyl/N-ethyl adjacent to an activating group) is 1. The fourth-order valence-electron chi connectivity index (χ4n) is 1.53. The van der Waals surface area contributed by atoms with Gasteiger partial charge in [-0.3, -0.25) is 4.90 Å². The summed E-state index contributed by atoms with van der Waals surface area (Å²) in [4.78, 5) is 2.36. The second-order valence-corrected chi connectivity index (χ2v) is 3.67. The van der Waals surface area contributed by atoms with Crippen LogP contribution < -0.4 is 5.73 Å². The minimum absolute atomic E-state index is 0.831. The predicted octanol–water partition coefficient (Wildman–Crippen LogP) is 2.32. The molecule has 0 aromatic heterocycles. The predicted molar refractivity (Wildman–Crippen MR) is 66.9 cm³/mol. The number of rotatable bonds is 6. The van der Waals surface area contributed by atoms with Gasteiger partial charge in [0, 0.05) is 18.8 Å². The van der Waals surface area contributed by atoms with Crippen LogP contribution in [0.4, 0.5) is 5.69 Å². The normalized spacial score (nSPS) is 10.5. The van der Waals surface area contributed by atoms with Crippen LogP contribution in [0.5, 0.6) is 0 Å². The van der Waals surface area contributed by atoms with Gasteiger partial charge in [0.05, 0.1) is 0 Å². The van der Waals surface area contributed by atoms with E-state index < -0.39 is 0 Å². The maximum absolute atomic E-state index is 5.63. The van der Waals surface area contributed by atoms with Gasteiger partial charge in [0.2, 0.25) is 0 Å². The highest BCUT2D eigenvalue weighted by Crippen LogP contribution is 2.06. The van der Waals surface area contributed by atoms with Crippen LogP contribution >= 0.6 is 0 Å². The summed E-state index contributed by atoms with van der Waals surface area (Å²) in [6.45, 7) is 9.04. The molecule has 1 rings (SSSR count). The summed E-state index contributed by atoms with van der Waals surface area (Å²) in [7, 11) is 0. The molecule has 1 aromatic rings. The Morgan fingerprint density at radius 3 is 2.53 bits per heavy atom. The lowest BCUT2D eigenvalue weighted by Gasteiger charge is -2.18. The van der Waals surface area contributed by atoms with Crippen LogP contribution in [0.2, 0.25) is 0 Å². The van der Waals surface area contributed by atoms with Crippen LogP contribution in [0.15, 0.2) is 36.9 Å². The summed E-state index contributed by atoms with van der Waals surface area (Å²) >= 11 is 0. The van der Waals surface area contributed by atoms with E-state index in [-0.39, 0.29) is 0 Å². The van der Waals surface area contributed by atoms with Crippen LogP contribution in [-0.2, 0) is 6.42 Å². The molecule has 0 amide bonds. The fourth-order valence-corrected chi connectivity index (χ4v) is 1.53. The van der Waals surface area contributed by atoms with Gasteiger partial charge in [0.1, 0.15) is 0 Å². The molecule has 0 heterocycles. The third-order valence-corrected chi connectivity index (χ3v) is 2.53. The molecular weight excluding hydrogens is 184 g/mol. The van der Waals surface area contributed by atoms with E-state index in [0.29, 0.717) is 0 Å². The first kappa shape index (κ1) is 11.8. The third-order valence-electron chi connectivity index (χ3n) is 2.53. The van der Waals surface area contributed by atoms with Crippen molar-refractivity contribution in [3.8, 4) is 0 Å². The molecule has 0 saturated carbocycles. The van der Waals surface area contributed by atoms with Gasteiger partial charge in [-0.25, -0.2) is 0 Å². The lowest BCUT2D eigenvalue weighted by molar-refractivity contribution is 0.323. The van der Waals surface area contributed by atoms with Crippen LogP contribution in [0, 0.1) is 0 Å². The number of anilines is 1. The topological polar surface area (TPSA) is 29.3 Å². The Bertz CT molecular complexity index is 290. The molecule has 0 atom stereocenters. The average Bonchev–Trinajstić information content (AvgIpc) is 2.26. The molecule has 82 valence electrons. The maximum atomic E-state index is 5.63. The first-order chi connectivity index (χ1) is 7.26. The molecule has 2 heteroatoms. The Morgan fingerprint density at radius 1 is 1.33 bits per heavy atom. The highest BCUT2D eigenvalue weighted by Gasteiger charge is 2.00. The molecule has 0 aliphatic rings. The Morgan fingerprint density at radius 2 is 2.00 bits per heavy atom. The molecule has 0 saturated heterocycles. The first-order valence-corrected chi connectivity index (χ1v) is 5.44. The number of benzene rings is 1. The van der Waals surface area contributed by atoms with Gasteiger partial charge in [0.15, 0.2) is 0 Å². The molecule has 0 radical (unpaired) electrons. The van der Waals surface area contributed by atoms with Gasteiger partial charge in [-0.2, -0.15) is 0 Å². The monoisotopic (exact) mass is 204 g/mol. The van der Waals surface area contributed by atoms with Crippen molar-refractivity contribution < 1.29 is 0 Å². The molecular formula is C13H20N2. The lowest BCUT2D eigenvalue weighted by atomic mass is 10.1. The Hall–Kier alpha value is -1.28. The second kappa shape index (κ2) is 6.25. The van der Waals surface area contributed by atoms with Gasteiger partial charge in [-0.05, 0) is 30.7 Å². The Balaban J connectivity index is 2.41. The highest BCUT2D eigenvalue weighted by atomic mass is 15.1. The zero-order valence-corrected chi connectivity index (χ0v) is 9.45. The van der Waals surface area contributed by atoms with Crippen molar-refractivity contribution in [2.45, 2.75) is 13.3 Å². The molecule has 15 heavy (non-hydrogen) atoms. The molecule has 1 aromatic carbocycles. The van der Waals surface area contributed by atoms with E-state index in [1.54, 1.807) is 0 Å². The number of nitrogens with zero attached hydrogens (tertiary/aromatic N) is 1. The Kier molecular flexibility index (Phi) is 4.91. The molecule has 0 bridgehead atoms. The van der Waals surface area contributed by atoms with Gasteiger partial charge in [0.25, 0.3) is 0 Å². The number of nitrogens with two attached hydrogens (primary N) is 1. The molecule has 2 nitrogen and oxygen atoms in total. The minimum atomic E-state index is 0.831. The smallest absolute Gasteiger partial charge is 0.0314 e. The summed E-state index contributed by atoms with van der Waals surface area (Å²) in [5.41, 5.74) is 7.80. The summed E-state index contributed by atoms with van der Waals surface area (Å²) < 4.78 is 0. The fraction of sp³-hybridized carbons (Fsp3) is 0.385. The van der Waals surface area contributed by atoms with Gasteiger partial charge in [-0.1, -0.05) is 25.1 Å². The van der Waals surface area contributed by atoms with Crippen molar-refractivity contribution in [1.29, 1.82) is 0 Å². The summed E-state index contributed by atoms with van der Waals surface area (Å²) in [5.74, 6) is 0. The highest BCUT2D eigenvalue weighted by molar-refractivity contribution is 5.39. The zero-order chi connectivity index (χ0) is 11.1. The van der Waals surface area contributed by atoms with Crippen molar-refractivity contribution in [2.75, 3.05) is 25.4 Å². The van der Waals surface area contributed by atoms with E-state index in [1.807, 2.05) is 18.2 Å². The molecule has 0 spiro atoms. The van der Waals surface area contributed by atoms with Crippen molar-refractivity contribution in [3.05, 3.63) is 42.5 Å². The van der Waals surface area contributed by atoms with Crippen molar-refractivity contribution in [1.82, 2.24) is 4.90 Å². The molecule has 0 fully saturated rings. The quantitative estimate of drug-likeness (QED) is 0.569. The van der Waals surface area contributed by atoms with E-state index in [0.717, 1.165) is 31.7 Å². The number of hydrogen-bond donors (Lipinski definition) is 1. The summed E-state index contributed by atoms with van der Waals surface area (Å²) in [5, 5.41) is 0. The van der Waals surface area contributed by atoms with E-state index in [2.05, 4.69) is 30.5 Å². The second-order valence-electron chi connectivity index (χ2n) is 3.67. The first-order valence-electron chi connectivity index (χ1n) is 5.44. The van der Waals surface area contributed by atoms with Crippen LogP contribution in [0.3, 0.4) is 0 Å². The summed E-state index contributed by atoms with van der Waals surface area (Å²) in [6.07, 6.45) is 3.02. The lowest BCUT2D eigenvalue weighted by Crippen LogP contribution is -2.25. The van der Waals surface area contributed by atoms with Gasteiger partial charge < -0.3 is 5.73 Å². The Labute approximate surface area is 92.4 Å². The van der Waals surface area contributed by atoms with Crippen molar-refractivity contribution in [3.63, 3.8) is 0 Å².